The molecule has 6 heteroatoms. The molecule has 1 aliphatic heterocycles. The Bertz CT molecular complexity index is 269. The summed E-state index contributed by atoms with van der Waals surface area (Å²) in [6.07, 6.45) is 1.18. The number of hydrogen-bond acceptors (Lipinski definition) is 3. The molecule has 1 amide bonds. The van der Waals surface area contributed by atoms with Crippen molar-refractivity contribution >= 4 is 30.7 Å². The number of likely N-dealkylation sites (tertiary alicyclic amines) is 1. The summed E-state index contributed by atoms with van der Waals surface area (Å²) in [4.78, 5) is 14.3. The Kier molecular flexibility index (Phi) is 10.1. The fourth-order valence-electron chi connectivity index (χ4n) is 2.11. The maximum Gasteiger partial charge on any atom is 0.237 e. The second-order valence-electron chi connectivity index (χ2n) is 6.14. The molecular formula is C13H29Cl2N3O. The fourth-order valence-corrected chi connectivity index (χ4v) is 2.11. The molecule has 0 aromatic heterocycles. The van der Waals surface area contributed by atoms with E-state index in [1.54, 1.807) is 0 Å². The number of rotatable bonds is 4. The van der Waals surface area contributed by atoms with Crippen LogP contribution < -0.4 is 11.1 Å². The molecule has 0 spiro atoms. The molecular weight excluding hydrogens is 285 g/mol. The van der Waals surface area contributed by atoms with Gasteiger partial charge in [0.15, 0.2) is 0 Å². The summed E-state index contributed by atoms with van der Waals surface area (Å²) >= 11 is 0. The van der Waals surface area contributed by atoms with E-state index in [0.29, 0.717) is 5.92 Å². The monoisotopic (exact) mass is 313 g/mol. The number of carbonyl (C=O) groups excluding carboxylic acids is 1. The third kappa shape index (κ3) is 6.80. The maximum absolute atomic E-state index is 11.8. The number of carbonyl (C=O) groups is 1. The van der Waals surface area contributed by atoms with Gasteiger partial charge in [-0.2, -0.15) is 0 Å². The Balaban J connectivity index is 0. The first-order valence-electron chi connectivity index (χ1n) is 6.60. The molecule has 4 nitrogen and oxygen atoms in total. The van der Waals surface area contributed by atoms with Crippen LogP contribution in [0.5, 0.6) is 0 Å². The minimum absolute atomic E-state index is 0. The quantitative estimate of drug-likeness (QED) is 0.830. The van der Waals surface area contributed by atoms with Gasteiger partial charge in [0, 0.05) is 13.1 Å². The van der Waals surface area contributed by atoms with Crippen molar-refractivity contribution in [3.8, 4) is 0 Å². The number of nitrogens with two attached hydrogens (primary N) is 1. The lowest BCUT2D eigenvalue weighted by molar-refractivity contribution is -0.124. The molecule has 116 valence electrons. The summed E-state index contributed by atoms with van der Waals surface area (Å²) < 4.78 is 0. The first-order chi connectivity index (χ1) is 7.84. The van der Waals surface area contributed by atoms with Gasteiger partial charge in [-0.3, -0.25) is 4.79 Å². The van der Waals surface area contributed by atoms with Gasteiger partial charge >= 0.3 is 0 Å². The Morgan fingerprint density at radius 1 is 1.42 bits per heavy atom. The first-order valence-corrected chi connectivity index (χ1v) is 6.60. The minimum atomic E-state index is -0.425. The Hall–Kier alpha value is -0.0300. The zero-order valence-electron chi connectivity index (χ0n) is 12.4. The van der Waals surface area contributed by atoms with Gasteiger partial charge in [0.2, 0.25) is 5.91 Å². The zero-order valence-corrected chi connectivity index (χ0v) is 14.1. The summed E-state index contributed by atoms with van der Waals surface area (Å²) in [6.45, 7) is 12.3. The normalized spacial score (nSPS) is 21.2. The van der Waals surface area contributed by atoms with Gasteiger partial charge in [-0.1, -0.05) is 27.7 Å². The average Bonchev–Trinajstić information content (AvgIpc) is 2.71. The van der Waals surface area contributed by atoms with Gasteiger partial charge < -0.3 is 16.0 Å². The van der Waals surface area contributed by atoms with Crippen molar-refractivity contribution in [2.24, 2.45) is 17.1 Å². The highest BCUT2D eigenvalue weighted by atomic mass is 35.5. The van der Waals surface area contributed by atoms with E-state index in [9.17, 15) is 4.79 Å². The van der Waals surface area contributed by atoms with Crippen LogP contribution in [0.1, 0.15) is 34.1 Å². The molecule has 1 saturated heterocycles. The SMILES string of the molecule is CCN1CCC(CNC(=O)[C@@H](N)C(C)(C)C)C1.Cl.Cl. The summed E-state index contributed by atoms with van der Waals surface area (Å²) in [5.41, 5.74) is 5.74. The van der Waals surface area contributed by atoms with Crippen LogP contribution >= 0.6 is 24.8 Å². The third-order valence-electron chi connectivity index (χ3n) is 3.60. The topological polar surface area (TPSA) is 58.4 Å². The van der Waals surface area contributed by atoms with Crippen LogP contribution in [0.4, 0.5) is 0 Å². The molecule has 0 bridgehead atoms. The summed E-state index contributed by atoms with van der Waals surface area (Å²) in [5.74, 6) is 0.568. The van der Waals surface area contributed by atoms with Gasteiger partial charge in [-0.15, -0.1) is 24.8 Å². The number of amides is 1. The highest BCUT2D eigenvalue weighted by Crippen LogP contribution is 2.18. The fraction of sp³-hybridized carbons (Fsp3) is 0.923. The molecule has 2 atom stereocenters. The van der Waals surface area contributed by atoms with Crippen molar-refractivity contribution in [3.05, 3.63) is 0 Å². The van der Waals surface area contributed by atoms with Crippen molar-refractivity contribution < 1.29 is 4.79 Å². The zero-order chi connectivity index (χ0) is 13.1. The lowest BCUT2D eigenvalue weighted by atomic mass is 9.87. The second kappa shape index (κ2) is 9.01. The maximum atomic E-state index is 11.8. The van der Waals surface area contributed by atoms with E-state index >= 15 is 0 Å². The molecule has 1 aliphatic rings. The van der Waals surface area contributed by atoms with Crippen LogP contribution in [0.3, 0.4) is 0 Å². The third-order valence-corrected chi connectivity index (χ3v) is 3.60. The summed E-state index contributed by atoms with van der Waals surface area (Å²) in [5, 5.41) is 2.98. The Labute approximate surface area is 129 Å². The Morgan fingerprint density at radius 3 is 2.42 bits per heavy atom. The predicted molar refractivity (Wildman–Crippen MR) is 85.2 cm³/mol. The Morgan fingerprint density at radius 2 is 2.00 bits per heavy atom. The van der Waals surface area contributed by atoms with Crippen molar-refractivity contribution in [2.75, 3.05) is 26.2 Å². The molecule has 1 unspecified atom stereocenters. The molecule has 1 heterocycles. The highest BCUT2D eigenvalue weighted by molar-refractivity contribution is 5.85. The van der Waals surface area contributed by atoms with E-state index in [2.05, 4.69) is 17.1 Å². The van der Waals surface area contributed by atoms with Crippen molar-refractivity contribution in [1.29, 1.82) is 0 Å². The molecule has 1 fully saturated rings. The lowest BCUT2D eigenvalue weighted by Crippen LogP contribution is -2.49. The largest absolute Gasteiger partial charge is 0.354 e. The molecule has 0 saturated carbocycles. The van der Waals surface area contributed by atoms with Gasteiger partial charge in [0.05, 0.1) is 6.04 Å². The lowest BCUT2D eigenvalue weighted by Gasteiger charge is -2.26. The molecule has 0 aromatic carbocycles. The van der Waals surface area contributed by atoms with Crippen LogP contribution in [0, 0.1) is 11.3 Å². The van der Waals surface area contributed by atoms with Crippen molar-refractivity contribution in [3.63, 3.8) is 0 Å². The van der Waals surface area contributed by atoms with E-state index in [0.717, 1.165) is 26.2 Å². The van der Waals surface area contributed by atoms with Crippen LogP contribution in [-0.2, 0) is 4.79 Å². The minimum Gasteiger partial charge on any atom is -0.354 e. The average molecular weight is 314 g/mol. The standard InChI is InChI=1S/C13H27N3O.2ClH/c1-5-16-7-6-10(9-16)8-15-12(17)11(14)13(2,3)4;;/h10-11H,5-9,14H2,1-4H3,(H,15,17);2*1H/t10?,11-;;/m1../s1. The molecule has 0 radical (unpaired) electrons. The van der Waals surface area contributed by atoms with Gasteiger partial charge in [0.25, 0.3) is 0 Å². The molecule has 0 aliphatic carbocycles. The van der Waals surface area contributed by atoms with E-state index in [-0.39, 0.29) is 36.1 Å². The van der Waals surface area contributed by atoms with Crippen LogP contribution in [-0.4, -0.2) is 43.0 Å². The number of nitrogens with one attached hydrogen (secondary N) is 1. The van der Waals surface area contributed by atoms with Gasteiger partial charge in [-0.05, 0) is 30.8 Å². The molecule has 1 rings (SSSR count). The van der Waals surface area contributed by atoms with Gasteiger partial charge in [0.1, 0.15) is 0 Å². The second-order valence-corrected chi connectivity index (χ2v) is 6.14. The van der Waals surface area contributed by atoms with Crippen LogP contribution in [0.15, 0.2) is 0 Å². The summed E-state index contributed by atoms with van der Waals surface area (Å²) in [6, 6.07) is -0.425. The van der Waals surface area contributed by atoms with Crippen LogP contribution in [0.2, 0.25) is 0 Å². The number of hydrogen-bond donors (Lipinski definition) is 2. The predicted octanol–water partition coefficient (Wildman–Crippen LogP) is 1.66. The van der Waals surface area contributed by atoms with Gasteiger partial charge in [-0.25, -0.2) is 0 Å². The van der Waals surface area contributed by atoms with E-state index in [4.69, 9.17) is 5.73 Å². The molecule has 0 aromatic rings. The van der Waals surface area contributed by atoms with E-state index in [1.807, 2.05) is 20.8 Å². The van der Waals surface area contributed by atoms with Crippen LogP contribution in [0.25, 0.3) is 0 Å². The van der Waals surface area contributed by atoms with E-state index < -0.39 is 6.04 Å². The van der Waals surface area contributed by atoms with Crippen molar-refractivity contribution in [2.45, 2.75) is 40.2 Å². The highest BCUT2D eigenvalue weighted by Gasteiger charge is 2.28. The van der Waals surface area contributed by atoms with E-state index in [1.165, 1.54) is 6.42 Å². The summed E-state index contributed by atoms with van der Waals surface area (Å²) in [7, 11) is 0. The molecule has 19 heavy (non-hydrogen) atoms. The number of nitrogens with zero attached hydrogens (tertiary/aromatic N) is 1. The number of halogens is 2. The molecule has 3 N–H and O–H groups in total. The van der Waals surface area contributed by atoms with Crippen molar-refractivity contribution in [1.82, 2.24) is 10.2 Å². The first kappa shape index (κ1) is 21.3. The smallest absolute Gasteiger partial charge is 0.237 e.